The average Bonchev–Trinajstić information content (AvgIpc) is 2.85. The predicted octanol–water partition coefficient (Wildman–Crippen LogP) is 0.498. The highest BCUT2D eigenvalue weighted by molar-refractivity contribution is 5.98. The molecule has 0 aromatic carbocycles. The second kappa shape index (κ2) is 5.26. The molecule has 1 amide bonds. The number of nitrogens with two attached hydrogens (primary N) is 1. The van der Waals surface area contributed by atoms with E-state index in [9.17, 15) is 9.18 Å². The first kappa shape index (κ1) is 12.0. The predicted molar refractivity (Wildman–Crippen MR) is 63.2 cm³/mol. The molecule has 0 saturated carbocycles. The van der Waals surface area contributed by atoms with E-state index in [-0.39, 0.29) is 11.4 Å². The molecule has 2 aromatic rings. The molecule has 0 unspecified atom stereocenters. The molecule has 0 radical (unpaired) electrons. The minimum atomic E-state index is -0.597. The molecule has 0 atom stereocenters. The van der Waals surface area contributed by atoms with Crippen LogP contribution in [0.2, 0.25) is 0 Å². The lowest BCUT2D eigenvalue weighted by Crippen LogP contribution is -2.27. The van der Waals surface area contributed by atoms with Crippen molar-refractivity contribution in [2.45, 2.75) is 6.42 Å². The molecule has 0 fully saturated rings. The molecule has 0 aliphatic rings. The Hall–Kier alpha value is -2.44. The number of carbonyl (C=O) groups excluding carboxylic acids is 1. The molecule has 6 nitrogen and oxygen atoms in total. The van der Waals surface area contributed by atoms with Gasteiger partial charge >= 0.3 is 0 Å². The van der Waals surface area contributed by atoms with Crippen molar-refractivity contribution >= 4 is 11.7 Å². The fourth-order valence-corrected chi connectivity index (χ4v) is 1.46. The number of nitrogens with one attached hydrogen (secondary N) is 2. The van der Waals surface area contributed by atoms with E-state index in [1.807, 2.05) is 0 Å². The second-order valence-corrected chi connectivity index (χ2v) is 3.63. The zero-order valence-electron chi connectivity index (χ0n) is 9.48. The molecule has 7 heteroatoms. The number of amides is 1. The average molecular weight is 249 g/mol. The van der Waals surface area contributed by atoms with Crippen LogP contribution in [0.15, 0.2) is 24.7 Å². The van der Waals surface area contributed by atoms with Gasteiger partial charge in [0.05, 0.1) is 11.8 Å². The van der Waals surface area contributed by atoms with Crippen molar-refractivity contribution in [2.24, 2.45) is 0 Å². The van der Waals surface area contributed by atoms with Gasteiger partial charge in [0, 0.05) is 25.4 Å². The number of rotatable bonds is 4. The number of imidazole rings is 1. The van der Waals surface area contributed by atoms with Crippen LogP contribution < -0.4 is 11.1 Å². The molecule has 0 spiro atoms. The Labute approximate surface area is 102 Å². The molecule has 0 saturated heterocycles. The first-order chi connectivity index (χ1) is 8.66. The number of H-pyrrole nitrogens is 1. The third-order valence-electron chi connectivity index (χ3n) is 2.33. The molecule has 2 aromatic heterocycles. The van der Waals surface area contributed by atoms with Crippen LogP contribution in [-0.2, 0) is 6.42 Å². The minimum absolute atomic E-state index is 0.00639. The van der Waals surface area contributed by atoms with Crippen molar-refractivity contribution in [3.05, 3.63) is 41.9 Å². The standard InChI is InChI=1S/C11H12FN5O/c12-7-5-8(10(13)17-6-7)11(18)16-2-1-9-14-3-4-15-9/h3-6H,1-2H2,(H2,13,17)(H,14,15)(H,16,18). The maximum absolute atomic E-state index is 12.9. The number of hydrogen-bond donors (Lipinski definition) is 3. The fraction of sp³-hybridized carbons (Fsp3) is 0.182. The van der Waals surface area contributed by atoms with E-state index in [0.29, 0.717) is 13.0 Å². The maximum atomic E-state index is 12.9. The summed E-state index contributed by atoms with van der Waals surface area (Å²) in [5.41, 5.74) is 5.54. The van der Waals surface area contributed by atoms with Gasteiger partial charge in [-0.1, -0.05) is 0 Å². The highest BCUT2D eigenvalue weighted by atomic mass is 19.1. The molecule has 2 heterocycles. The van der Waals surface area contributed by atoms with E-state index in [4.69, 9.17) is 5.73 Å². The third kappa shape index (κ3) is 2.82. The van der Waals surface area contributed by atoms with E-state index < -0.39 is 11.7 Å². The van der Waals surface area contributed by atoms with Crippen molar-refractivity contribution in [2.75, 3.05) is 12.3 Å². The number of hydrogen-bond acceptors (Lipinski definition) is 4. The Bertz CT molecular complexity index is 540. The van der Waals surface area contributed by atoms with Crippen LogP contribution in [0.5, 0.6) is 0 Å². The second-order valence-electron chi connectivity index (χ2n) is 3.63. The van der Waals surface area contributed by atoms with Gasteiger partial charge in [-0.25, -0.2) is 14.4 Å². The molecule has 0 bridgehead atoms. The highest BCUT2D eigenvalue weighted by Gasteiger charge is 2.11. The van der Waals surface area contributed by atoms with Crippen LogP contribution in [0.1, 0.15) is 16.2 Å². The van der Waals surface area contributed by atoms with Gasteiger partial charge in [0.25, 0.3) is 5.91 Å². The first-order valence-electron chi connectivity index (χ1n) is 5.34. The van der Waals surface area contributed by atoms with E-state index in [1.54, 1.807) is 12.4 Å². The number of aromatic nitrogens is 3. The topological polar surface area (TPSA) is 96.7 Å². The first-order valence-corrected chi connectivity index (χ1v) is 5.34. The smallest absolute Gasteiger partial charge is 0.255 e. The molecular weight excluding hydrogens is 237 g/mol. The summed E-state index contributed by atoms with van der Waals surface area (Å²) >= 11 is 0. The van der Waals surface area contributed by atoms with Gasteiger partial charge in [-0.2, -0.15) is 0 Å². The van der Waals surface area contributed by atoms with Crippen molar-refractivity contribution in [3.8, 4) is 0 Å². The zero-order chi connectivity index (χ0) is 13.0. The van der Waals surface area contributed by atoms with Crippen LogP contribution in [0.3, 0.4) is 0 Å². The normalized spacial score (nSPS) is 10.3. The number of carbonyl (C=O) groups is 1. The summed E-state index contributed by atoms with van der Waals surface area (Å²) in [5, 5.41) is 2.62. The Morgan fingerprint density at radius 3 is 3.06 bits per heavy atom. The number of anilines is 1. The van der Waals surface area contributed by atoms with Crippen LogP contribution in [0.25, 0.3) is 0 Å². The van der Waals surface area contributed by atoms with Gasteiger partial charge in [-0.15, -0.1) is 0 Å². The van der Waals surface area contributed by atoms with Gasteiger partial charge in [0.15, 0.2) is 0 Å². The summed E-state index contributed by atoms with van der Waals surface area (Å²) in [6.45, 7) is 0.377. The summed E-state index contributed by atoms with van der Waals surface area (Å²) < 4.78 is 12.9. The van der Waals surface area contributed by atoms with Gasteiger partial charge in [0.2, 0.25) is 0 Å². The van der Waals surface area contributed by atoms with E-state index in [1.165, 1.54) is 0 Å². The van der Waals surface area contributed by atoms with Gasteiger partial charge in [0.1, 0.15) is 17.5 Å². The Kier molecular flexibility index (Phi) is 3.52. The van der Waals surface area contributed by atoms with Gasteiger partial charge in [-0.05, 0) is 6.07 Å². The lowest BCUT2D eigenvalue weighted by atomic mass is 10.2. The maximum Gasteiger partial charge on any atom is 0.255 e. The monoisotopic (exact) mass is 249 g/mol. The number of nitrogen functional groups attached to an aromatic ring is 1. The van der Waals surface area contributed by atoms with Crippen molar-refractivity contribution in [1.29, 1.82) is 0 Å². The quantitative estimate of drug-likeness (QED) is 0.735. The van der Waals surface area contributed by atoms with Crippen LogP contribution in [0.4, 0.5) is 10.2 Å². The molecule has 4 N–H and O–H groups in total. The molecule has 2 rings (SSSR count). The van der Waals surface area contributed by atoms with Gasteiger partial charge in [-0.3, -0.25) is 4.79 Å². The number of aromatic amines is 1. The van der Waals surface area contributed by atoms with E-state index in [2.05, 4.69) is 20.3 Å². The summed E-state index contributed by atoms with van der Waals surface area (Å²) in [6.07, 6.45) is 4.85. The lowest BCUT2D eigenvalue weighted by Gasteiger charge is -2.06. The van der Waals surface area contributed by atoms with Crippen LogP contribution >= 0.6 is 0 Å². The van der Waals surface area contributed by atoms with Crippen molar-refractivity contribution in [1.82, 2.24) is 20.3 Å². The van der Waals surface area contributed by atoms with Crippen molar-refractivity contribution < 1.29 is 9.18 Å². The summed E-state index contributed by atoms with van der Waals surface area (Å²) in [4.78, 5) is 22.2. The molecular formula is C11H12FN5O. The molecule has 0 aliphatic carbocycles. The summed E-state index contributed by atoms with van der Waals surface area (Å²) in [5.74, 6) is -0.279. The zero-order valence-corrected chi connectivity index (χ0v) is 9.48. The summed E-state index contributed by atoms with van der Waals surface area (Å²) in [6, 6.07) is 1.06. The molecule has 0 aliphatic heterocycles. The minimum Gasteiger partial charge on any atom is -0.383 e. The SMILES string of the molecule is Nc1ncc(F)cc1C(=O)NCCc1ncc[nH]1. The molecule has 94 valence electrons. The lowest BCUT2D eigenvalue weighted by molar-refractivity contribution is 0.0954. The number of nitrogens with zero attached hydrogens (tertiary/aromatic N) is 2. The number of pyridine rings is 1. The van der Waals surface area contributed by atoms with Crippen LogP contribution in [-0.4, -0.2) is 27.4 Å². The summed E-state index contributed by atoms with van der Waals surface area (Å²) in [7, 11) is 0. The van der Waals surface area contributed by atoms with E-state index in [0.717, 1.165) is 18.1 Å². The van der Waals surface area contributed by atoms with Crippen molar-refractivity contribution in [3.63, 3.8) is 0 Å². The Morgan fingerprint density at radius 2 is 2.33 bits per heavy atom. The third-order valence-corrected chi connectivity index (χ3v) is 2.33. The number of halogens is 1. The van der Waals surface area contributed by atoms with Crippen LogP contribution in [0, 0.1) is 5.82 Å². The van der Waals surface area contributed by atoms with Gasteiger partial charge < -0.3 is 16.0 Å². The molecule has 18 heavy (non-hydrogen) atoms. The highest BCUT2D eigenvalue weighted by Crippen LogP contribution is 2.09. The fourth-order valence-electron chi connectivity index (χ4n) is 1.46. The Balaban J connectivity index is 1.93. The van der Waals surface area contributed by atoms with E-state index >= 15 is 0 Å². The Morgan fingerprint density at radius 1 is 1.50 bits per heavy atom. The largest absolute Gasteiger partial charge is 0.383 e.